The highest BCUT2D eigenvalue weighted by Gasteiger charge is 2.04. The zero-order chi connectivity index (χ0) is 14.7. The van der Waals surface area contributed by atoms with Crippen molar-refractivity contribution in [2.45, 2.75) is 6.92 Å². The van der Waals surface area contributed by atoms with Gasteiger partial charge in [-0.1, -0.05) is 46.3 Å². The smallest absolute Gasteiger partial charge is 0.161 e. The van der Waals surface area contributed by atoms with Crippen LogP contribution in [-0.2, 0) is 0 Å². The van der Waals surface area contributed by atoms with Gasteiger partial charge in [0.15, 0.2) is 5.82 Å². The van der Waals surface area contributed by atoms with Crippen LogP contribution < -0.4 is 5.32 Å². The van der Waals surface area contributed by atoms with Gasteiger partial charge in [0.05, 0.1) is 0 Å². The molecule has 0 aliphatic heterocycles. The van der Waals surface area contributed by atoms with E-state index in [1.165, 1.54) is 5.56 Å². The zero-order valence-electron chi connectivity index (χ0n) is 11.5. The summed E-state index contributed by atoms with van der Waals surface area (Å²) < 4.78 is 1.01. The van der Waals surface area contributed by atoms with E-state index in [1.807, 2.05) is 48.5 Å². The standard InChI is InChI=1S/C17H14BrN3/c1-12-5-2-3-8-15(12)20-16-9-10-19-17(21-16)13-6-4-7-14(18)11-13/h2-11H,1H3,(H,19,20,21). The molecule has 3 nitrogen and oxygen atoms in total. The number of benzene rings is 2. The fourth-order valence-electron chi connectivity index (χ4n) is 2.05. The number of aromatic nitrogens is 2. The van der Waals surface area contributed by atoms with E-state index in [1.54, 1.807) is 6.20 Å². The van der Waals surface area contributed by atoms with E-state index >= 15 is 0 Å². The van der Waals surface area contributed by atoms with Crippen LogP contribution in [0.2, 0.25) is 0 Å². The number of halogens is 1. The second-order valence-electron chi connectivity index (χ2n) is 4.72. The Labute approximate surface area is 132 Å². The van der Waals surface area contributed by atoms with Crippen molar-refractivity contribution in [3.63, 3.8) is 0 Å². The number of hydrogen-bond donors (Lipinski definition) is 1. The van der Waals surface area contributed by atoms with E-state index in [4.69, 9.17) is 0 Å². The molecule has 0 aliphatic rings. The summed E-state index contributed by atoms with van der Waals surface area (Å²) in [5.41, 5.74) is 3.22. The molecular weight excluding hydrogens is 326 g/mol. The first-order chi connectivity index (χ1) is 10.2. The van der Waals surface area contributed by atoms with Crippen molar-refractivity contribution < 1.29 is 0 Å². The summed E-state index contributed by atoms with van der Waals surface area (Å²) in [6, 6.07) is 18.0. The van der Waals surface area contributed by atoms with E-state index in [-0.39, 0.29) is 0 Å². The first kappa shape index (κ1) is 13.8. The molecule has 3 aromatic rings. The summed E-state index contributed by atoms with van der Waals surface area (Å²) in [5.74, 6) is 1.49. The fourth-order valence-corrected chi connectivity index (χ4v) is 2.45. The molecule has 0 saturated heterocycles. The molecule has 104 valence electrons. The molecule has 1 heterocycles. The van der Waals surface area contributed by atoms with Gasteiger partial charge >= 0.3 is 0 Å². The van der Waals surface area contributed by atoms with E-state index in [2.05, 4.69) is 44.2 Å². The Balaban J connectivity index is 1.92. The number of anilines is 2. The Morgan fingerprint density at radius 2 is 1.86 bits per heavy atom. The molecule has 0 amide bonds. The molecular formula is C17H14BrN3. The van der Waals surface area contributed by atoms with Crippen LogP contribution in [0.1, 0.15) is 5.56 Å². The molecule has 2 aromatic carbocycles. The van der Waals surface area contributed by atoms with Crippen LogP contribution in [0.5, 0.6) is 0 Å². The Hall–Kier alpha value is -2.20. The highest BCUT2D eigenvalue weighted by molar-refractivity contribution is 9.10. The second kappa shape index (κ2) is 6.06. The number of hydrogen-bond acceptors (Lipinski definition) is 3. The number of para-hydroxylation sites is 1. The molecule has 0 atom stereocenters. The van der Waals surface area contributed by atoms with Crippen molar-refractivity contribution >= 4 is 27.4 Å². The Bertz CT molecular complexity index is 771. The SMILES string of the molecule is Cc1ccccc1Nc1ccnc(-c2cccc(Br)c2)n1. The molecule has 1 aromatic heterocycles. The average Bonchev–Trinajstić information content (AvgIpc) is 2.50. The summed E-state index contributed by atoms with van der Waals surface area (Å²) in [5, 5.41) is 3.33. The summed E-state index contributed by atoms with van der Waals surface area (Å²) in [6.45, 7) is 2.07. The van der Waals surface area contributed by atoms with Crippen LogP contribution in [0.15, 0.2) is 65.3 Å². The average molecular weight is 340 g/mol. The number of aryl methyl sites for hydroxylation is 1. The van der Waals surface area contributed by atoms with Crippen molar-refractivity contribution in [2.75, 3.05) is 5.32 Å². The topological polar surface area (TPSA) is 37.8 Å². The zero-order valence-corrected chi connectivity index (χ0v) is 13.1. The van der Waals surface area contributed by atoms with Gasteiger partial charge in [0.25, 0.3) is 0 Å². The predicted octanol–water partition coefficient (Wildman–Crippen LogP) is 4.96. The Kier molecular flexibility index (Phi) is 3.97. The molecule has 1 N–H and O–H groups in total. The van der Waals surface area contributed by atoms with Gasteiger partial charge in [0, 0.05) is 21.9 Å². The van der Waals surface area contributed by atoms with Gasteiger partial charge < -0.3 is 5.32 Å². The highest BCUT2D eigenvalue weighted by atomic mass is 79.9. The summed E-state index contributed by atoms with van der Waals surface area (Å²) in [4.78, 5) is 8.92. The lowest BCUT2D eigenvalue weighted by atomic mass is 10.2. The minimum atomic E-state index is 0.704. The fraction of sp³-hybridized carbons (Fsp3) is 0.0588. The molecule has 21 heavy (non-hydrogen) atoms. The van der Waals surface area contributed by atoms with Crippen LogP contribution >= 0.6 is 15.9 Å². The molecule has 0 aliphatic carbocycles. The van der Waals surface area contributed by atoms with Gasteiger partial charge in [-0.2, -0.15) is 0 Å². The van der Waals surface area contributed by atoms with E-state index in [9.17, 15) is 0 Å². The molecule has 4 heteroatoms. The summed E-state index contributed by atoms with van der Waals surface area (Å²) in [7, 11) is 0. The molecule has 0 radical (unpaired) electrons. The van der Waals surface area contributed by atoms with Gasteiger partial charge in [-0.05, 0) is 36.8 Å². The van der Waals surface area contributed by atoms with Gasteiger partial charge in [0.1, 0.15) is 5.82 Å². The lowest BCUT2D eigenvalue weighted by Gasteiger charge is -2.09. The number of nitrogens with zero attached hydrogens (tertiary/aromatic N) is 2. The van der Waals surface area contributed by atoms with Gasteiger partial charge in [-0.3, -0.25) is 0 Å². The summed E-state index contributed by atoms with van der Waals surface area (Å²) in [6.07, 6.45) is 1.77. The third-order valence-electron chi connectivity index (χ3n) is 3.15. The molecule has 0 bridgehead atoms. The summed E-state index contributed by atoms with van der Waals surface area (Å²) >= 11 is 3.47. The minimum absolute atomic E-state index is 0.704. The Morgan fingerprint density at radius 3 is 2.67 bits per heavy atom. The van der Waals surface area contributed by atoms with Crippen molar-refractivity contribution in [1.29, 1.82) is 0 Å². The maximum atomic E-state index is 4.58. The molecule has 0 saturated carbocycles. The van der Waals surface area contributed by atoms with E-state index < -0.39 is 0 Å². The number of nitrogens with one attached hydrogen (secondary N) is 1. The maximum absolute atomic E-state index is 4.58. The number of rotatable bonds is 3. The van der Waals surface area contributed by atoms with Crippen LogP contribution in [0, 0.1) is 6.92 Å². The first-order valence-electron chi connectivity index (χ1n) is 6.64. The van der Waals surface area contributed by atoms with Crippen LogP contribution in [0.3, 0.4) is 0 Å². The lowest BCUT2D eigenvalue weighted by Crippen LogP contribution is -1.98. The van der Waals surface area contributed by atoms with Crippen LogP contribution in [0.4, 0.5) is 11.5 Å². The van der Waals surface area contributed by atoms with Gasteiger partial charge in [-0.15, -0.1) is 0 Å². The third kappa shape index (κ3) is 3.28. The minimum Gasteiger partial charge on any atom is -0.340 e. The van der Waals surface area contributed by atoms with Crippen LogP contribution in [-0.4, -0.2) is 9.97 Å². The lowest BCUT2D eigenvalue weighted by molar-refractivity contribution is 1.17. The van der Waals surface area contributed by atoms with Crippen molar-refractivity contribution in [1.82, 2.24) is 9.97 Å². The normalized spacial score (nSPS) is 10.4. The molecule has 0 spiro atoms. The second-order valence-corrected chi connectivity index (χ2v) is 5.63. The van der Waals surface area contributed by atoms with Gasteiger partial charge in [-0.25, -0.2) is 9.97 Å². The monoisotopic (exact) mass is 339 g/mol. The largest absolute Gasteiger partial charge is 0.340 e. The van der Waals surface area contributed by atoms with E-state index in [0.717, 1.165) is 21.5 Å². The maximum Gasteiger partial charge on any atom is 0.161 e. The van der Waals surface area contributed by atoms with E-state index in [0.29, 0.717) is 5.82 Å². The quantitative estimate of drug-likeness (QED) is 0.732. The third-order valence-corrected chi connectivity index (χ3v) is 3.64. The van der Waals surface area contributed by atoms with Crippen LogP contribution in [0.25, 0.3) is 11.4 Å². The van der Waals surface area contributed by atoms with Crippen molar-refractivity contribution in [3.8, 4) is 11.4 Å². The highest BCUT2D eigenvalue weighted by Crippen LogP contribution is 2.23. The first-order valence-corrected chi connectivity index (χ1v) is 7.43. The Morgan fingerprint density at radius 1 is 1.00 bits per heavy atom. The van der Waals surface area contributed by atoms with Crippen molar-refractivity contribution in [3.05, 3.63) is 70.8 Å². The molecule has 0 fully saturated rings. The van der Waals surface area contributed by atoms with Crippen molar-refractivity contribution in [2.24, 2.45) is 0 Å². The molecule has 3 rings (SSSR count). The molecule has 0 unspecified atom stereocenters. The van der Waals surface area contributed by atoms with Gasteiger partial charge in [0.2, 0.25) is 0 Å². The predicted molar refractivity (Wildman–Crippen MR) is 89.6 cm³/mol.